The fourth-order valence-electron chi connectivity index (χ4n) is 2.26. The lowest BCUT2D eigenvalue weighted by Gasteiger charge is -2.13. The predicted octanol–water partition coefficient (Wildman–Crippen LogP) is 2.06. The number of thiophene rings is 1. The van der Waals surface area contributed by atoms with Gasteiger partial charge in [-0.05, 0) is 50.0 Å². The molecule has 0 bridgehead atoms. The fraction of sp³-hybridized carbons (Fsp3) is 0.500. The van der Waals surface area contributed by atoms with Crippen LogP contribution in [0.25, 0.3) is 0 Å². The van der Waals surface area contributed by atoms with E-state index in [1.54, 1.807) is 23.7 Å². The van der Waals surface area contributed by atoms with E-state index < -0.39 is 5.97 Å². The Morgan fingerprint density at radius 3 is 2.27 bits per heavy atom. The summed E-state index contributed by atoms with van der Waals surface area (Å²) >= 11 is 1.79. The Bertz CT molecular complexity index is 553. The van der Waals surface area contributed by atoms with E-state index in [0.717, 1.165) is 37.1 Å². The van der Waals surface area contributed by atoms with Crippen LogP contribution in [-0.2, 0) is 19.3 Å². The quantitative estimate of drug-likeness (QED) is 0.486. The monoisotopic (exact) mass is 322 g/mol. The average molecular weight is 322 g/mol. The number of rotatable bonds is 9. The maximum absolute atomic E-state index is 8.85. The van der Waals surface area contributed by atoms with Crippen molar-refractivity contribution in [2.75, 3.05) is 0 Å². The van der Waals surface area contributed by atoms with Gasteiger partial charge in [-0.25, -0.2) is 0 Å². The highest BCUT2D eigenvalue weighted by atomic mass is 32.1. The second-order valence-corrected chi connectivity index (χ2v) is 6.45. The lowest BCUT2D eigenvalue weighted by atomic mass is 10.1. The van der Waals surface area contributed by atoms with Crippen molar-refractivity contribution in [1.82, 2.24) is 9.97 Å². The second-order valence-electron chi connectivity index (χ2n) is 5.42. The molecule has 0 aliphatic carbocycles. The van der Waals surface area contributed by atoms with Gasteiger partial charge in [-0.15, -0.1) is 11.3 Å². The van der Waals surface area contributed by atoms with Crippen LogP contribution in [0.15, 0.2) is 29.9 Å². The Morgan fingerprint density at radius 2 is 1.64 bits per heavy atom. The first-order valence-corrected chi connectivity index (χ1v) is 8.40. The minimum absolute atomic E-state index is 0.0975. The van der Waals surface area contributed by atoms with Gasteiger partial charge in [-0.2, -0.15) is 0 Å². The summed E-state index contributed by atoms with van der Waals surface area (Å²) in [4.78, 5) is 10.1. The molecule has 0 aliphatic rings. The van der Waals surface area contributed by atoms with E-state index in [9.17, 15) is 0 Å². The van der Waals surface area contributed by atoms with Gasteiger partial charge in [0, 0.05) is 23.7 Å². The molecule has 0 saturated carbocycles. The Hall–Kier alpha value is -1.34. The normalized spacial score (nSPS) is 11.8. The molecule has 2 rings (SSSR count). The van der Waals surface area contributed by atoms with Crippen molar-refractivity contribution in [1.29, 1.82) is 0 Å². The van der Waals surface area contributed by atoms with Gasteiger partial charge in [0.05, 0.1) is 11.4 Å². The van der Waals surface area contributed by atoms with E-state index in [1.807, 2.05) is 0 Å². The summed E-state index contributed by atoms with van der Waals surface area (Å²) in [5.74, 6) is -2.59. The molecule has 0 saturated heterocycles. The van der Waals surface area contributed by atoms with Crippen molar-refractivity contribution in [2.45, 2.75) is 50.9 Å². The molecule has 0 unspecified atom stereocenters. The number of hydrogen-bond donors (Lipinski definition) is 3. The maximum Gasteiger partial charge on any atom is 0.275 e. The van der Waals surface area contributed by atoms with Crippen molar-refractivity contribution >= 4 is 11.3 Å². The highest BCUT2D eigenvalue weighted by Crippen LogP contribution is 2.13. The molecular formula is C16H22N2O3S. The lowest BCUT2D eigenvalue weighted by molar-refractivity contribution is -0.314. The molecule has 120 valence electrons. The molecule has 0 fully saturated rings. The van der Waals surface area contributed by atoms with Crippen molar-refractivity contribution < 1.29 is 15.3 Å². The first kappa shape index (κ1) is 17.0. The van der Waals surface area contributed by atoms with Crippen LogP contribution in [0.2, 0.25) is 0 Å². The molecule has 2 aromatic rings. The average Bonchev–Trinajstić information content (AvgIpc) is 2.96. The Balaban J connectivity index is 1.71. The largest absolute Gasteiger partial charge is 0.344 e. The predicted molar refractivity (Wildman–Crippen MR) is 85.3 cm³/mol. The molecule has 3 N–H and O–H groups in total. The summed E-state index contributed by atoms with van der Waals surface area (Å²) in [6.45, 7) is 0. The molecule has 0 spiro atoms. The first-order chi connectivity index (χ1) is 10.5. The number of hydrogen-bond acceptors (Lipinski definition) is 6. The van der Waals surface area contributed by atoms with Gasteiger partial charge < -0.3 is 15.3 Å². The van der Waals surface area contributed by atoms with Gasteiger partial charge >= 0.3 is 0 Å². The standard InChI is InChI=1S/C16H22N2O3S/c19-16(20,21)9-3-6-14-12-17-11-13(18-14)5-1-2-7-15-8-4-10-22-15/h4,8,10-12,19-21H,1-3,5-7,9H2. The zero-order valence-corrected chi connectivity index (χ0v) is 13.3. The van der Waals surface area contributed by atoms with Crippen LogP contribution in [-0.4, -0.2) is 31.3 Å². The SMILES string of the molecule is OC(O)(O)CCCc1cncc(CCCCc2cccs2)n1. The Kier molecular flexibility index (Phi) is 6.45. The van der Waals surface area contributed by atoms with E-state index in [4.69, 9.17) is 15.3 Å². The van der Waals surface area contributed by atoms with Crippen LogP contribution in [0, 0.1) is 0 Å². The van der Waals surface area contributed by atoms with E-state index >= 15 is 0 Å². The summed E-state index contributed by atoms with van der Waals surface area (Å²) in [6.07, 6.45) is 8.59. The summed E-state index contributed by atoms with van der Waals surface area (Å²) in [7, 11) is 0. The molecule has 2 heterocycles. The molecule has 2 aromatic heterocycles. The zero-order chi connectivity index (χ0) is 15.8. The highest BCUT2D eigenvalue weighted by molar-refractivity contribution is 7.09. The van der Waals surface area contributed by atoms with E-state index in [1.165, 1.54) is 4.88 Å². The van der Waals surface area contributed by atoms with Crippen LogP contribution >= 0.6 is 11.3 Å². The number of aromatic nitrogens is 2. The fourth-order valence-corrected chi connectivity index (χ4v) is 3.01. The topological polar surface area (TPSA) is 86.5 Å². The Morgan fingerprint density at radius 1 is 0.955 bits per heavy atom. The van der Waals surface area contributed by atoms with Crippen LogP contribution in [0.3, 0.4) is 0 Å². The third kappa shape index (κ3) is 6.62. The third-order valence-corrected chi connectivity index (χ3v) is 4.30. The van der Waals surface area contributed by atoms with Crippen LogP contribution in [0.4, 0.5) is 0 Å². The molecule has 0 atom stereocenters. The summed E-state index contributed by atoms with van der Waals surface area (Å²) < 4.78 is 0. The second kappa shape index (κ2) is 8.33. The maximum atomic E-state index is 8.85. The molecule has 0 aromatic carbocycles. The van der Waals surface area contributed by atoms with E-state index in [0.29, 0.717) is 12.8 Å². The number of aliphatic hydroxyl groups is 3. The van der Waals surface area contributed by atoms with Gasteiger partial charge in [0.25, 0.3) is 5.97 Å². The zero-order valence-electron chi connectivity index (χ0n) is 12.5. The number of aryl methyl sites for hydroxylation is 3. The van der Waals surface area contributed by atoms with Gasteiger partial charge in [0.15, 0.2) is 0 Å². The molecule has 0 amide bonds. The van der Waals surface area contributed by atoms with Gasteiger partial charge in [0.1, 0.15) is 0 Å². The minimum atomic E-state index is -2.59. The van der Waals surface area contributed by atoms with Crippen molar-refractivity contribution in [2.24, 2.45) is 0 Å². The van der Waals surface area contributed by atoms with Gasteiger partial charge in [-0.3, -0.25) is 9.97 Å². The van der Waals surface area contributed by atoms with Crippen LogP contribution in [0.5, 0.6) is 0 Å². The first-order valence-electron chi connectivity index (χ1n) is 7.52. The minimum Gasteiger partial charge on any atom is -0.344 e. The van der Waals surface area contributed by atoms with Gasteiger partial charge in [0.2, 0.25) is 0 Å². The molecule has 0 radical (unpaired) electrons. The summed E-state index contributed by atoms with van der Waals surface area (Å²) in [6, 6.07) is 4.24. The number of nitrogens with zero attached hydrogens (tertiary/aromatic N) is 2. The van der Waals surface area contributed by atoms with Crippen LogP contribution in [0.1, 0.15) is 41.9 Å². The van der Waals surface area contributed by atoms with Crippen LogP contribution < -0.4 is 0 Å². The summed E-state index contributed by atoms with van der Waals surface area (Å²) in [5, 5.41) is 28.6. The lowest BCUT2D eigenvalue weighted by Crippen LogP contribution is -2.26. The third-order valence-electron chi connectivity index (χ3n) is 3.37. The highest BCUT2D eigenvalue weighted by Gasteiger charge is 2.17. The summed E-state index contributed by atoms with van der Waals surface area (Å²) in [5.41, 5.74) is 1.78. The van der Waals surface area contributed by atoms with E-state index in [2.05, 4.69) is 27.5 Å². The van der Waals surface area contributed by atoms with Crippen molar-refractivity contribution in [3.05, 3.63) is 46.2 Å². The van der Waals surface area contributed by atoms with Gasteiger partial charge in [-0.1, -0.05) is 6.07 Å². The van der Waals surface area contributed by atoms with E-state index in [-0.39, 0.29) is 6.42 Å². The molecule has 5 nitrogen and oxygen atoms in total. The molecular weight excluding hydrogens is 300 g/mol. The molecule has 22 heavy (non-hydrogen) atoms. The van der Waals surface area contributed by atoms with Crippen molar-refractivity contribution in [3.8, 4) is 0 Å². The van der Waals surface area contributed by atoms with Crippen molar-refractivity contribution in [3.63, 3.8) is 0 Å². The Labute approximate surface area is 134 Å². The number of unbranched alkanes of at least 4 members (excludes halogenated alkanes) is 1. The molecule has 6 heteroatoms. The smallest absolute Gasteiger partial charge is 0.275 e. The molecule has 0 aliphatic heterocycles.